The summed E-state index contributed by atoms with van der Waals surface area (Å²) < 4.78 is 39.1. The number of sulfonamides is 1. The van der Waals surface area contributed by atoms with Crippen molar-refractivity contribution in [2.75, 3.05) is 19.4 Å². The van der Waals surface area contributed by atoms with Crippen molar-refractivity contribution in [3.05, 3.63) is 59.9 Å². The van der Waals surface area contributed by atoms with Crippen LogP contribution in [0, 0.1) is 5.82 Å². The molecule has 1 aliphatic rings. The van der Waals surface area contributed by atoms with Gasteiger partial charge in [0.25, 0.3) is 0 Å². The van der Waals surface area contributed by atoms with E-state index < -0.39 is 15.4 Å². The van der Waals surface area contributed by atoms with E-state index in [1.54, 1.807) is 24.3 Å². The average Bonchev–Trinajstić information content (AvgIpc) is 3.13. The van der Waals surface area contributed by atoms with E-state index in [0.717, 1.165) is 22.7 Å². The van der Waals surface area contributed by atoms with Gasteiger partial charge in [-0.25, -0.2) is 17.1 Å². The van der Waals surface area contributed by atoms with Gasteiger partial charge in [-0.15, -0.1) is 0 Å². The Kier molecular flexibility index (Phi) is 5.35. The van der Waals surface area contributed by atoms with Gasteiger partial charge in [0, 0.05) is 19.8 Å². The Hall–Kier alpha value is -2.25. The first-order valence-corrected chi connectivity index (χ1v) is 10.3. The van der Waals surface area contributed by atoms with Gasteiger partial charge in [0.15, 0.2) is 0 Å². The molecule has 1 N–H and O–H groups in total. The van der Waals surface area contributed by atoms with Crippen molar-refractivity contribution >= 4 is 21.6 Å². The van der Waals surface area contributed by atoms with E-state index in [1.807, 2.05) is 0 Å². The number of hydrogen-bond donors (Lipinski definition) is 1. The van der Waals surface area contributed by atoms with Gasteiger partial charge in [0.1, 0.15) is 5.82 Å². The van der Waals surface area contributed by atoms with E-state index in [1.165, 1.54) is 38.4 Å². The molecule has 0 saturated heterocycles. The number of hydrogen-bond acceptors (Lipinski definition) is 3. The summed E-state index contributed by atoms with van der Waals surface area (Å²) in [5, 5.41) is 2.87. The highest BCUT2D eigenvalue weighted by atomic mass is 32.2. The lowest BCUT2D eigenvalue weighted by molar-refractivity contribution is -0.121. The summed E-state index contributed by atoms with van der Waals surface area (Å²) in [7, 11) is -0.664. The summed E-state index contributed by atoms with van der Waals surface area (Å²) in [6, 6.07) is 12.3. The second-order valence-corrected chi connectivity index (χ2v) is 9.22. The molecule has 5 nitrogen and oxygen atoms in total. The van der Waals surface area contributed by atoms with Crippen LogP contribution in [0.5, 0.6) is 0 Å². The number of carbonyl (C=O) groups is 1. The monoisotopic (exact) mass is 390 g/mol. The van der Waals surface area contributed by atoms with Crippen molar-refractivity contribution in [2.24, 2.45) is 0 Å². The van der Waals surface area contributed by atoms with Crippen LogP contribution in [0.1, 0.15) is 31.2 Å². The highest BCUT2D eigenvalue weighted by Gasteiger charge is 2.42. The molecule has 1 aliphatic carbocycles. The Bertz CT molecular complexity index is 934. The lowest BCUT2D eigenvalue weighted by Crippen LogP contribution is -2.38. The van der Waals surface area contributed by atoms with Crippen molar-refractivity contribution in [3.8, 4) is 0 Å². The maximum absolute atomic E-state index is 13.3. The summed E-state index contributed by atoms with van der Waals surface area (Å²) in [6.45, 7) is 0. The third-order valence-corrected chi connectivity index (χ3v) is 6.97. The lowest BCUT2D eigenvalue weighted by Gasteiger charge is -2.28. The molecule has 0 spiro atoms. The Morgan fingerprint density at radius 1 is 1.07 bits per heavy atom. The molecule has 7 heteroatoms. The van der Waals surface area contributed by atoms with Crippen molar-refractivity contribution in [2.45, 2.75) is 36.0 Å². The lowest BCUT2D eigenvalue weighted by atomic mass is 9.78. The van der Waals surface area contributed by atoms with Gasteiger partial charge in [-0.05, 0) is 48.7 Å². The number of nitrogens with zero attached hydrogens (tertiary/aromatic N) is 1. The second kappa shape index (κ2) is 7.40. The van der Waals surface area contributed by atoms with Crippen LogP contribution in [-0.4, -0.2) is 32.7 Å². The maximum atomic E-state index is 13.3. The predicted octanol–water partition coefficient (Wildman–Crippen LogP) is 3.53. The Morgan fingerprint density at radius 2 is 1.70 bits per heavy atom. The van der Waals surface area contributed by atoms with Crippen LogP contribution in [0.3, 0.4) is 0 Å². The molecule has 0 radical (unpaired) electrons. The Labute approximate surface area is 159 Å². The first kappa shape index (κ1) is 19.5. The van der Waals surface area contributed by atoms with Crippen molar-refractivity contribution in [3.63, 3.8) is 0 Å². The molecule has 0 bridgehead atoms. The van der Waals surface area contributed by atoms with E-state index in [2.05, 4.69) is 5.32 Å². The Morgan fingerprint density at radius 3 is 2.30 bits per heavy atom. The fourth-order valence-electron chi connectivity index (χ4n) is 3.59. The molecular formula is C20H23FN2O3S. The van der Waals surface area contributed by atoms with Crippen LogP contribution < -0.4 is 5.32 Å². The molecule has 0 heterocycles. The summed E-state index contributed by atoms with van der Waals surface area (Å²) in [4.78, 5) is 13.3. The zero-order chi connectivity index (χ0) is 19.7. The third kappa shape index (κ3) is 3.75. The summed E-state index contributed by atoms with van der Waals surface area (Å²) in [5.41, 5.74) is 0.497. The minimum absolute atomic E-state index is 0.118. The number of benzene rings is 2. The quantitative estimate of drug-likeness (QED) is 0.849. The zero-order valence-corrected chi connectivity index (χ0v) is 16.2. The maximum Gasteiger partial charge on any atom is 0.242 e. The molecule has 0 aliphatic heterocycles. The number of halogens is 1. The van der Waals surface area contributed by atoms with Crippen molar-refractivity contribution in [1.29, 1.82) is 0 Å². The molecule has 1 amide bonds. The highest BCUT2D eigenvalue weighted by molar-refractivity contribution is 7.89. The van der Waals surface area contributed by atoms with Gasteiger partial charge in [-0.2, -0.15) is 0 Å². The average molecular weight is 390 g/mol. The van der Waals surface area contributed by atoms with E-state index >= 15 is 0 Å². The van der Waals surface area contributed by atoms with Crippen molar-refractivity contribution in [1.82, 2.24) is 4.31 Å². The molecule has 0 atom stereocenters. The summed E-state index contributed by atoms with van der Waals surface area (Å²) in [5.74, 6) is -0.528. The topological polar surface area (TPSA) is 66.5 Å². The molecule has 2 aromatic rings. The minimum atomic E-state index is -3.59. The number of carbonyl (C=O) groups excluding carboxylic acids is 1. The number of anilines is 1. The van der Waals surface area contributed by atoms with E-state index in [-0.39, 0.29) is 16.6 Å². The molecule has 144 valence electrons. The zero-order valence-electron chi connectivity index (χ0n) is 15.4. The first-order valence-electron chi connectivity index (χ1n) is 8.86. The van der Waals surface area contributed by atoms with Gasteiger partial charge in [-0.3, -0.25) is 4.79 Å². The Balaban J connectivity index is 1.91. The normalized spacial score (nSPS) is 16.4. The van der Waals surface area contributed by atoms with E-state index in [0.29, 0.717) is 18.5 Å². The molecule has 3 rings (SSSR count). The number of amides is 1. The standard InChI is InChI=1S/C20H23FN2O3S/c1-23(2)27(25,26)18-7-5-6-17(14-18)22-19(24)20(12-3-4-13-20)15-8-10-16(21)11-9-15/h5-11,14H,3-4,12-13H2,1-2H3,(H,22,24). The van der Waals surface area contributed by atoms with Gasteiger partial charge >= 0.3 is 0 Å². The molecular weight excluding hydrogens is 367 g/mol. The van der Waals surface area contributed by atoms with Gasteiger partial charge in [-0.1, -0.05) is 31.0 Å². The highest BCUT2D eigenvalue weighted by Crippen LogP contribution is 2.42. The molecule has 2 aromatic carbocycles. The van der Waals surface area contributed by atoms with Gasteiger partial charge in [0.05, 0.1) is 10.3 Å². The summed E-state index contributed by atoms with van der Waals surface area (Å²) >= 11 is 0. The fourth-order valence-corrected chi connectivity index (χ4v) is 4.54. The third-order valence-electron chi connectivity index (χ3n) is 5.16. The number of nitrogens with one attached hydrogen (secondary N) is 1. The van der Waals surface area contributed by atoms with E-state index in [9.17, 15) is 17.6 Å². The molecule has 1 saturated carbocycles. The first-order chi connectivity index (χ1) is 12.8. The van der Waals surface area contributed by atoms with Crippen LogP contribution in [0.25, 0.3) is 0 Å². The van der Waals surface area contributed by atoms with Crippen LogP contribution in [-0.2, 0) is 20.2 Å². The van der Waals surface area contributed by atoms with Crippen LogP contribution in [0.15, 0.2) is 53.4 Å². The van der Waals surface area contributed by atoms with Gasteiger partial charge < -0.3 is 5.32 Å². The minimum Gasteiger partial charge on any atom is -0.325 e. The molecule has 0 unspecified atom stereocenters. The molecule has 0 aromatic heterocycles. The van der Waals surface area contributed by atoms with Crippen LogP contribution in [0.2, 0.25) is 0 Å². The number of rotatable bonds is 5. The fraction of sp³-hybridized carbons (Fsp3) is 0.350. The second-order valence-electron chi connectivity index (χ2n) is 7.07. The SMILES string of the molecule is CN(C)S(=O)(=O)c1cccc(NC(=O)C2(c3ccc(F)cc3)CCCC2)c1. The predicted molar refractivity (Wildman–Crippen MR) is 102 cm³/mol. The summed E-state index contributed by atoms with van der Waals surface area (Å²) in [6.07, 6.45) is 3.19. The smallest absolute Gasteiger partial charge is 0.242 e. The van der Waals surface area contributed by atoms with Crippen LogP contribution >= 0.6 is 0 Å². The molecule has 27 heavy (non-hydrogen) atoms. The van der Waals surface area contributed by atoms with Gasteiger partial charge in [0.2, 0.25) is 15.9 Å². The largest absolute Gasteiger partial charge is 0.325 e. The van der Waals surface area contributed by atoms with Crippen molar-refractivity contribution < 1.29 is 17.6 Å². The molecule has 1 fully saturated rings. The van der Waals surface area contributed by atoms with E-state index in [4.69, 9.17) is 0 Å². The van der Waals surface area contributed by atoms with Crippen LogP contribution in [0.4, 0.5) is 10.1 Å².